The zero-order valence-electron chi connectivity index (χ0n) is 14.0. The summed E-state index contributed by atoms with van der Waals surface area (Å²) in [5.74, 6) is -0.161. The third-order valence-electron chi connectivity index (χ3n) is 4.28. The quantitative estimate of drug-likeness (QED) is 0.560. The maximum absolute atomic E-state index is 11.2. The summed E-state index contributed by atoms with van der Waals surface area (Å²) in [6.07, 6.45) is 1.94. The van der Waals surface area contributed by atoms with E-state index in [1.165, 1.54) is 0 Å². The van der Waals surface area contributed by atoms with Gasteiger partial charge in [-0.1, -0.05) is 36.4 Å². The first-order chi connectivity index (χ1) is 12.7. The molecule has 0 aliphatic heterocycles. The van der Waals surface area contributed by atoms with E-state index in [0.717, 1.165) is 27.9 Å². The van der Waals surface area contributed by atoms with Gasteiger partial charge in [0.15, 0.2) is 0 Å². The van der Waals surface area contributed by atoms with E-state index >= 15 is 0 Å². The monoisotopic (exact) mass is 343 g/mol. The van der Waals surface area contributed by atoms with Gasteiger partial charge < -0.3 is 14.4 Å². The van der Waals surface area contributed by atoms with Crippen LogP contribution in [0.25, 0.3) is 16.6 Å². The van der Waals surface area contributed by atoms with Gasteiger partial charge in [-0.15, -0.1) is 0 Å². The van der Waals surface area contributed by atoms with E-state index in [9.17, 15) is 9.90 Å². The standard InChI is InChI=1S/C22H17NO3/c24-22(25)18-7-4-8-19(13-18)23-12-11-17-9-10-20(14-21(17)23)26-15-16-5-2-1-3-6-16/h1-14H,15H2,(H,24,25). The molecule has 0 fully saturated rings. The summed E-state index contributed by atoms with van der Waals surface area (Å²) in [5, 5.41) is 10.3. The van der Waals surface area contributed by atoms with Crippen LogP contribution in [-0.4, -0.2) is 15.6 Å². The zero-order valence-corrected chi connectivity index (χ0v) is 14.0. The fraction of sp³-hybridized carbons (Fsp3) is 0.0455. The fourth-order valence-electron chi connectivity index (χ4n) is 2.95. The Morgan fingerprint density at radius 1 is 0.923 bits per heavy atom. The van der Waals surface area contributed by atoms with Crippen molar-refractivity contribution in [1.29, 1.82) is 0 Å². The van der Waals surface area contributed by atoms with Crippen molar-refractivity contribution in [2.24, 2.45) is 0 Å². The van der Waals surface area contributed by atoms with Gasteiger partial charge in [-0.25, -0.2) is 4.79 Å². The highest BCUT2D eigenvalue weighted by molar-refractivity contribution is 5.89. The van der Waals surface area contributed by atoms with Crippen molar-refractivity contribution >= 4 is 16.9 Å². The SMILES string of the molecule is O=C(O)c1cccc(-n2ccc3ccc(OCc4ccccc4)cc32)c1. The van der Waals surface area contributed by atoms with Crippen LogP contribution in [0.15, 0.2) is 85.1 Å². The molecule has 0 unspecified atom stereocenters. The van der Waals surface area contributed by atoms with Crippen molar-refractivity contribution in [3.05, 3.63) is 96.2 Å². The molecule has 0 aliphatic rings. The average molecular weight is 343 g/mol. The predicted octanol–water partition coefficient (Wildman–Crippen LogP) is 4.91. The molecule has 0 aliphatic carbocycles. The summed E-state index contributed by atoms with van der Waals surface area (Å²) in [6.45, 7) is 0.502. The molecule has 0 amide bonds. The van der Waals surface area contributed by atoms with Gasteiger partial charge in [0.2, 0.25) is 0 Å². The van der Waals surface area contributed by atoms with Gasteiger partial charge in [0.05, 0.1) is 11.1 Å². The van der Waals surface area contributed by atoms with Crippen LogP contribution >= 0.6 is 0 Å². The summed E-state index contributed by atoms with van der Waals surface area (Å²) in [5.41, 5.74) is 3.15. The highest BCUT2D eigenvalue weighted by Gasteiger charge is 2.08. The molecule has 4 aromatic rings. The number of aromatic carboxylic acids is 1. The third kappa shape index (κ3) is 3.17. The van der Waals surface area contributed by atoms with Crippen molar-refractivity contribution < 1.29 is 14.6 Å². The Morgan fingerprint density at radius 3 is 2.58 bits per heavy atom. The number of hydrogen-bond acceptors (Lipinski definition) is 2. The molecule has 4 heteroatoms. The summed E-state index contributed by atoms with van der Waals surface area (Å²) >= 11 is 0. The molecule has 26 heavy (non-hydrogen) atoms. The van der Waals surface area contributed by atoms with Crippen molar-refractivity contribution in [3.8, 4) is 11.4 Å². The van der Waals surface area contributed by atoms with Gasteiger partial charge in [-0.2, -0.15) is 0 Å². The molecule has 0 saturated carbocycles. The second kappa shape index (κ2) is 6.76. The van der Waals surface area contributed by atoms with E-state index in [2.05, 4.69) is 0 Å². The minimum absolute atomic E-state index is 0.265. The van der Waals surface area contributed by atoms with Crippen LogP contribution in [0.4, 0.5) is 0 Å². The topological polar surface area (TPSA) is 51.5 Å². The molecule has 128 valence electrons. The molecule has 3 aromatic carbocycles. The van der Waals surface area contributed by atoms with Crippen LogP contribution in [0.2, 0.25) is 0 Å². The molecule has 0 spiro atoms. The number of aromatic nitrogens is 1. The van der Waals surface area contributed by atoms with E-state index in [0.29, 0.717) is 6.61 Å². The van der Waals surface area contributed by atoms with E-state index < -0.39 is 5.97 Å². The first kappa shape index (κ1) is 16.0. The van der Waals surface area contributed by atoms with Gasteiger partial charge in [-0.3, -0.25) is 0 Å². The van der Waals surface area contributed by atoms with Crippen LogP contribution in [0, 0.1) is 0 Å². The maximum atomic E-state index is 11.2. The van der Waals surface area contributed by atoms with Crippen molar-refractivity contribution in [3.63, 3.8) is 0 Å². The lowest BCUT2D eigenvalue weighted by Gasteiger charge is -2.09. The second-order valence-electron chi connectivity index (χ2n) is 6.04. The minimum Gasteiger partial charge on any atom is -0.489 e. The third-order valence-corrected chi connectivity index (χ3v) is 4.28. The Morgan fingerprint density at radius 2 is 1.77 bits per heavy atom. The van der Waals surface area contributed by atoms with Gasteiger partial charge in [-0.05, 0) is 42.0 Å². The van der Waals surface area contributed by atoms with Crippen LogP contribution in [0.3, 0.4) is 0 Å². The highest BCUT2D eigenvalue weighted by Crippen LogP contribution is 2.26. The summed E-state index contributed by atoms with van der Waals surface area (Å²) in [6, 6.07) is 24.8. The number of fused-ring (bicyclic) bond motifs is 1. The number of carboxylic acid groups (broad SMARTS) is 1. The van der Waals surface area contributed by atoms with Gasteiger partial charge in [0.1, 0.15) is 12.4 Å². The molecule has 4 nitrogen and oxygen atoms in total. The number of nitrogens with zero attached hydrogens (tertiary/aromatic N) is 1. The van der Waals surface area contributed by atoms with Crippen molar-refractivity contribution in [2.45, 2.75) is 6.61 Å². The van der Waals surface area contributed by atoms with Crippen LogP contribution in [0.5, 0.6) is 5.75 Å². The average Bonchev–Trinajstić information content (AvgIpc) is 3.10. The molecule has 0 bridgehead atoms. The van der Waals surface area contributed by atoms with E-state index in [-0.39, 0.29) is 5.56 Å². The molecule has 0 saturated heterocycles. The molecule has 1 heterocycles. The maximum Gasteiger partial charge on any atom is 0.335 e. The number of rotatable bonds is 5. The number of carbonyl (C=O) groups is 1. The van der Waals surface area contributed by atoms with E-state index in [4.69, 9.17) is 4.74 Å². The Balaban J connectivity index is 1.66. The molecule has 0 radical (unpaired) electrons. The van der Waals surface area contributed by atoms with Gasteiger partial charge in [0, 0.05) is 23.3 Å². The summed E-state index contributed by atoms with van der Waals surface area (Å²) in [7, 11) is 0. The van der Waals surface area contributed by atoms with Crippen molar-refractivity contribution in [1.82, 2.24) is 4.57 Å². The number of carboxylic acids is 1. The predicted molar refractivity (Wildman–Crippen MR) is 101 cm³/mol. The molecule has 1 aromatic heterocycles. The van der Waals surface area contributed by atoms with Crippen LogP contribution in [0.1, 0.15) is 15.9 Å². The first-order valence-electron chi connectivity index (χ1n) is 8.32. The number of hydrogen-bond donors (Lipinski definition) is 1. The van der Waals surface area contributed by atoms with Gasteiger partial charge >= 0.3 is 5.97 Å². The minimum atomic E-state index is -0.935. The molecular weight excluding hydrogens is 326 g/mol. The van der Waals surface area contributed by atoms with Crippen molar-refractivity contribution in [2.75, 3.05) is 0 Å². The Hall–Kier alpha value is -3.53. The lowest BCUT2D eigenvalue weighted by atomic mass is 10.2. The first-order valence-corrected chi connectivity index (χ1v) is 8.32. The lowest BCUT2D eigenvalue weighted by Crippen LogP contribution is -1.99. The van der Waals surface area contributed by atoms with E-state index in [1.807, 2.05) is 71.4 Å². The molecule has 4 rings (SSSR count). The lowest BCUT2D eigenvalue weighted by molar-refractivity contribution is 0.0697. The normalized spacial score (nSPS) is 10.8. The molecule has 1 N–H and O–H groups in total. The fourth-order valence-corrected chi connectivity index (χ4v) is 2.95. The second-order valence-corrected chi connectivity index (χ2v) is 6.04. The smallest absolute Gasteiger partial charge is 0.335 e. The van der Waals surface area contributed by atoms with Gasteiger partial charge in [0.25, 0.3) is 0 Å². The summed E-state index contributed by atoms with van der Waals surface area (Å²) < 4.78 is 7.88. The Kier molecular flexibility index (Phi) is 4.15. The zero-order chi connectivity index (χ0) is 17.9. The highest BCUT2D eigenvalue weighted by atomic mass is 16.5. The largest absolute Gasteiger partial charge is 0.489 e. The summed E-state index contributed by atoms with van der Waals surface area (Å²) in [4.78, 5) is 11.2. The van der Waals surface area contributed by atoms with Crippen LogP contribution in [-0.2, 0) is 6.61 Å². The van der Waals surface area contributed by atoms with Crippen LogP contribution < -0.4 is 4.74 Å². The Labute approximate surface area is 150 Å². The Bertz CT molecular complexity index is 1070. The number of ether oxygens (including phenoxy) is 1. The van der Waals surface area contributed by atoms with E-state index in [1.54, 1.807) is 18.2 Å². The molecular formula is C22H17NO3. The molecule has 0 atom stereocenters. The number of benzene rings is 3.